The van der Waals surface area contributed by atoms with Crippen molar-refractivity contribution in [2.24, 2.45) is 0 Å². The first kappa shape index (κ1) is 16.8. The summed E-state index contributed by atoms with van der Waals surface area (Å²) in [5, 5.41) is 6.58. The molecule has 1 rings (SSSR count). The Hall–Kier alpha value is -1.22. The maximum Gasteiger partial charge on any atom is 0.251 e. The molecule has 1 aromatic carbocycles. The van der Waals surface area contributed by atoms with E-state index in [0.717, 1.165) is 18.7 Å². The van der Waals surface area contributed by atoms with Crippen molar-refractivity contribution in [3.05, 3.63) is 28.8 Å². The second-order valence-electron chi connectivity index (χ2n) is 4.97. The van der Waals surface area contributed by atoms with E-state index < -0.39 is 0 Å². The van der Waals surface area contributed by atoms with Crippen molar-refractivity contribution in [1.29, 1.82) is 0 Å². The fourth-order valence-corrected chi connectivity index (χ4v) is 2.26. The lowest BCUT2D eigenvalue weighted by Gasteiger charge is -2.10. The van der Waals surface area contributed by atoms with E-state index in [1.807, 2.05) is 0 Å². The van der Waals surface area contributed by atoms with Gasteiger partial charge in [-0.15, -0.1) is 0 Å². The Labute approximate surface area is 127 Å². The zero-order chi connectivity index (χ0) is 14.8. The van der Waals surface area contributed by atoms with Gasteiger partial charge >= 0.3 is 0 Å². The molecule has 0 aromatic heterocycles. The SMILES string of the molecule is CCCCCCCCNc1cc(C(=O)NC)ccc1Cl. The molecule has 0 aliphatic carbocycles. The predicted octanol–water partition coefficient (Wildman–Crippen LogP) is 4.47. The Morgan fingerprint density at radius 2 is 1.85 bits per heavy atom. The number of carbonyl (C=O) groups is 1. The van der Waals surface area contributed by atoms with E-state index >= 15 is 0 Å². The van der Waals surface area contributed by atoms with Gasteiger partial charge in [0.25, 0.3) is 5.91 Å². The standard InChI is InChI=1S/C16H25ClN2O/c1-3-4-5-6-7-8-11-19-15-12-13(16(20)18-2)9-10-14(15)17/h9-10,12,19H,3-8,11H2,1-2H3,(H,18,20). The Bertz CT molecular complexity index is 421. The minimum Gasteiger partial charge on any atom is -0.384 e. The number of benzene rings is 1. The van der Waals surface area contributed by atoms with Crippen molar-refractivity contribution < 1.29 is 4.79 Å². The van der Waals surface area contributed by atoms with Crippen LogP contribution in [0.15, 0.2) is 18.2 Å². The smallest absolute Gasteiger partial charge is 0.251 e. The van der Waals surface area contributed by atoms with Gasteiger partial charge < -0.3 is 10.6 Å². The van der Waals surface area contributed by atoms with Crippen LogP contribution in [0.4, 0.5) is 5.69 Å². The van der Waals surface area contributed by atoms with E-state index in [2.05, 4.69) is 17.6 Å². The zero-order valence-corrected chi connectivity index (χ0v) is 13.2. The highest BCUT2D eigenvalue weighted by molar-refractivity contribution is 6.33. The maximum atomic E-state index is 11.6. The van der Waals surface area contributed by atoms with Crippen LogP contribution in [0.5, 0.6) is 0 Å². The fraction of sp³-hybridized carbons (Fsp3) is 0.562. The van der Waals surface area contributed by atoms with Crippen LogP contribution in [-0.2, 0) is 0 Å². The molecule has 0 atom stereocenters. The van der Waals surface area contributed by atoms with Gasteiger partial charge in [-0.25, -0.2) is 0 Å². The van der Waals surface area contributed by atoms with Crippen LogP contribution in [0.2, 0.25) is 5.02 Å². The van der Waals surface area contributed by atoms with E-state index in [1.54, 1.807) is 25.2 Å². The third-order valence-corrected chi connectivity index (χ3v) is 3.63. The predicted molar refractivity (Wildman–Crippen MR) is 86.7 cm³/mol. The molecule has 0 aliphatic rings. The Kier molecular flexibility index (Phi) is 8.12. The molecule has 0 bridgehead atoms. The molecule has 0 radical (unpaired) electrons. The molecule has 112 valence electrons. The maximum absolute atomic E-state index is 11.6. The van der Waals surface area contributed by atoms with E-state index in [-0.39, 0.29) is 5.91 Å². The summed E-state index contributed by atoms with van der Waals surface area (Å²) >= 11 is 6.13. The molecule has 2 N–H and O–H groups in total. The summed E-state index contributed by atoms with van der Waals surface area (Å²) in [5.74, 6) is -0.0933. The first-order chi connectivity index (χ1) is 9.69. The van der Waals surface area contributed by atoms with Crippen molar-refractivity contribution in [2.45, 2.75) is 45.4 Å². The summed E-state index contributed by atoms with van der Waals surface area (Å²) in [6, 6.07) is 5.30. The molecule has 0 fully saturated rings. The number of unbranched alkanes of at least 4 members (excludes halogenated alkanes) is 5. The van der Waals surface area contributed by atoms with Crippen LogP contribution in [0.3, 0.4) is 0 Å². The van der Waals surface area contributed by atoms with Gasteiger partial charge in [0.15, 0.2) is 0 Å². The molecule has 0 spiro atoms. The quantitative estimate of drug-likeness (QED) is 0.660. The largest absolute Gasteiger partial charge is 0.384 e. The van der Waals surface area contributed by atoms with E-state index in [0.29, 0.717) is 10.6 Å². The van der Waals surface area contributed by atoms with E-state index in [1.165, 1.54) is 32.1 Å². The molecule has 1 aromatic rings. The van der Waals surface area contributed by atoms with Crippen LogP contribution < -0.4 is 10.6 Å². The highest BCUT2D eigenvalue weighted by atomic mass is 35.5. The van der Waals surface area contributed by atoms with Gasteiger partial charge in [-0.05, 0) is 24.6 Å². The highest BCUT2D eigenvalue weighted by Crippen LogP contribution is 2.23. The lowest BCUT2D eigenvalue weighted by Crippen LogP contribution is -2.18. The average molecular weight is 297 g/mol. The number of rotatable bonds is 9. The number of halogens is 1. The van der Waals surface area contributed by atoms with Crippen LogP contribution in [0.1, 0.15) is 55.8 Å². The molecular weight excluding hydrogens is 272 g/mol. The third kappa shape index (κ3) is 5.83. The van der Waals surface area contributed by atoms with Crippen molar-refractivity contribution in [2.75, 3.05) is 18.9 Å². The second-order valence-corrected chi connectivity index (χ2v) is 5.38. The number of hydrogen-bond donors (Lipinski definition) is 2. The Morgan fingerprint density at radius 1 is 1.15 bits per heavy atom. The number of amides is 1. The first-order valence-corrected chi connectivity index (χ1v) is 7.82. The van der Waals surface area contributed by atoms with Crippen molar-refractivity contribution >= 4 is 23.2 Å². The van der Waals surface area contributed by atoms with E-state index in [4.69, 9.17) is 11.6 Å². The normalized spacial score (nSPS) is 10.3. The summed E-state index contributed by atoms with van der Waals surface area (Å²) < 4.78 is 0. The number of hydrogen-bond acceptors (Lipinski definition) is 2. The molecule has 3 nitrogen and oxygen atoms in total. The first-order valence-electron chi connectivity index (χ1n) is 7.44. The van der Waals surface area contributed by atoms with Gasteiger partial charge in [0.1, 0.15) is 0 Å². The number of anilines is 1. The van der Waals surface area contributed by atoms with Gasteiger partial charge in [0.2, 0.25) is 0 Å². The monoisotopic (exact) mass is 296 g/mol. The van der Waals surface area contributed by atoms with Crippen LogP contribution in [0.25, 0.3) is 0 Å². The molecule has 0 heterocycles. The topological polar surface area (TPSA) is 41.1 Å². The minimum absolute atomic E-state index is 0.0933. The minimum atomic E-state index is -0.0933. The summed E-state index contributed by atoms with van der Waals surface area (Å²) in [6.07, 6.45) is 7.59. The van der Waals surface area contributed by atoms with Crippen LogP contribution in [0, 0.1) is 0 Å². The lowest BCUT2D eigenvalue weighted by atomic mass is 10.1. The summed E-state index contributed by atoms with van der Waals surface area (Å²) in [6.45, 7) is 3.12. The Balaban J connectivity index is 2.37. The van der Waals surface area contributed by atoms with Gasteiger partial charge in [-0.2, -0.15) is 0 Å². The molecule has 0 aliphatic heterocycles. The van der Waals surface area contributed by atoms with Gasteiger partial charge in [-0.1, -0.05) is 50.6 Å². The number of nitrogens with one attached hydrogen (secondary N) is 2. The van der Waals surface area contributed by atoms with Crippen molar-refractivity contribution in [3.8, 4) is 0 Å². The second kappa shape index (κ2) is 9.65. The molecule has 20 heavy (non-hydrogen) atoms. The van der Waals surface area contributed by atoms with E-state index in [9.17, 15) is 4.79 Å². The van der Waals surface area contributed by atoms with Gasteiger partial charge in [0.05, 0.1) is 10.7 Å². The summed E-state index contributed by atoms with van der Waals surface area (Å²) in [7, 11) is 1.63. The zero-order valence-electron chi connectivity index (χ0n) is 12.5. The highest BCUT2D eigenvalue weighted by Gasteiger charge is 2.06. The fourth-order valence-electron chi connectivity index (χ4n) is 2.07. The van der Waals surface area contributed by atoms with Crippen LogP contribution >= 0.6 is 11.6 Å². The van der Waals surface area contributed by atoms with Gasteiger partial charge in [0, 0.05) is 19.2 Å². The summed E-state index contributed by atoms with van der Waals surface area (Å²) in [5.41, 5.74) is 1.46. The summed E-state index contributed by atoms with van der Waals surface area (Å²) in [4.78, 5) is 11.6. The molecular formula is C16H25ClN2O. The number of carbonyl (C=O) groups excluding carboxylic acids is 1. The lowest BCUT2D eigenvalue weighted by molar-refractivity contribution is 0.0963. The Morgan fingerprint density at radius 3 is 2.55 bits per heavy atom. The molecule has 0 saturated carbocycles. The molecule has 4 heteroatoms. The average Bonchev–Trinajstić information content (AvgIpc) is 2.47. The molecule has 0 saturated heterocycles. The van der Waals surface area contributed by atoms with Gasteiger partial charge in [-0.3, -0.25) is 4.79 Å². The molecule has 0 unspecified atom stereocenters. The molecule has 1 amide bonds. The van der Waals surface area contributed by atoms with Crippen molar-refractivity contribution in [1.82, 2.24) is 5.32 Å². The van der Waals surface area contributed by atoms with Crippen molar-refractivity contribution in [3.63, 3.8) is 0 Å². The third-order valence-electron chi connectivity index (χ3n) is 3.30. The van der Waals surface area contributed by atoms with Crippen LogP contribution in [-0.4, -0.2) is 19.5 Å².